The van der Waals surface area contributed by atoms with Gasteiger partial charge in [0.2, 0.25) is 0 Å². The highest BCUT2D eigenvalue weighted by Gasteiger charge is 2.42. The van der Waals surface area contributed by atoms with Crippen LogP contribution in [0.4, 0.5) is 0 Å². The third-order valence-electron chi connectivity index (χ3n) is 5.69. The molecule has 1 N–H and O–H groups in total. The summed E-state index contributed by atoms with van der Waals surface area (Å²) in [6, 6.07) is 4.03. The molecule has 2 unspecified atom stereocenters. The van der Waals surface area contributed by atoms with Crippen LogP contribution in [-0.4, -0.2) is 33.5 Å². The number of hydrogen-bond donors (Lipinski definition) is 1. The minimum absolute atomic E-state index is 0.362. The summed E-state index contributed by atoms with van der Waals surface area (Å²) in [7, 11) is 0. The van der Waals surface area contributed by atoms with Crippen molar-refractivity contribution in [3.8, 4) is 0 Å². The van der Waals surface area contributed by atoms with E-state index >= 15 is 0 Å². The Balaban J connectivity index is 1.59. The fourth-order valence-electron chi connectivity index (χ4n) is 5.03. The summed E-state index contributed by atoms with van der Waals surface area (Å²) < 4.78 is 0. The van der Waals surface area contributed by atoms with Gasteiger partial charge in [0.1, 0.15) is 0 Å². The fraction of sp³-hybridized carbons (Fsp3) is 0.647. The summed E-state index contributed by atoms with van der Waals surface area (Å²) in [6.45, 7) is 1.83. The Bertz CT molecular complexity index is 545. The molecule has 2 aliphatic carbocycles. The van der Waals surface area contributed by atoms with Gasteiger partial charge in [0.25, 0.3) is 0 Å². The first-order valence-corrected chi connectivity index (χ1v) is 8.10. The van der Waals surface area contributed by atoms with Crippen molar-refractivity contribution in [2.45, 2.75) is 44.7 Å². The number of aromatic carboxylic acids is 1. The molecule has 21 heavy (non-hydrogen) atoms. The average Bonchev–Trinajstić information content (AvgIpc) is 2.63. The van der Waals surface area contributed by atoms with E-state index in [4.69, 9.17) is 0 Å². The molecular weight excluding hydrogens is 264 g/mol. The Morgan fingerprint density at radius 1 is 1.19 bits per heavy atom. The van der Waals surface area contributed by atoms with Crippen molar-refractivity contribution in [1.82, 2.24) is 9.88 Å². The van der Waals surface area contributed by atoms with Crippen molar-refractivity contribution >= 4 is 5.97 Å². The van der Waals surface area contributed by atoms with Gasteiger partial charge >= 0.3 is 5.97 Å². The van der Waals surface area contributed by atoms with Crippen LogP contribution in [0.2, 0.25) is 0 Å². The van der Waals surface area contributed by atoms with Gasteiger partial charge in [-0.1, -0.05) is 0 Å². The fourth-order valence-corrected chi connectivity index (χ4v) is 5.03. The van der Waals surface area contributed by atoms with E-state index in [-0.39, 0.29) is 0 Å². The number of pyridine rings is 1. The molecule has 0 radical (unpaired) electrons. The Morgan fingerprint density at radius 2 is 1.90 bits per heavy atom. The van der Waals surface area contributed by atoms with Gasteiger partial charge < -0.3 is 5.11 Å². The maximum atomic E-state index is 11.4. The van der Waals surface area contributed by atoms with Gasteiger partial charge in [-0.15, -0.1) is 0 Å². The predicted octanol–water partition coefficient (Wildman–Crippen LogP) is 2.79. The zero-order chi connectivity index (χ0) is 14.4. The van der Waals surface area contributed by atoms with Crippen LogP contribution in [0.1, 0.15) is 48.2 Å². The van der Waals surface area contributed by atoms with E-state index in [0.29, 0.717) is 18.2 Å². The number of carbonyl (C=O) groups is 1. The molecule has 3 heterocycles. The molecule has 4 heteroatoms. The second-order valence-electron chi connectivity index (χ2n) is 7.16. The van der Waals surface area contributed by atoms with Crippen molar-refractivity contribution in [3.05, 3.63) is 29.6 Å². The monoisotopic (exact) mass is 286 g/mol. The second-order valence-corrected chi connectivity index (χ2v) is 7.16. The van der Waals surface area contributed by atoms with Crippen LogP contribution in [-0.2, 0) is 6.54 Å². The first-order valence-electron chi connectivity index (χ1n) is 8.10. The second kappa shape index (κ2) is 5.09. The Hall–Kier alpha value is -1.42. The number of nitrogens with zero attached hydrogens (tertiary/aromatic N) is 2. The Kier molecular flexibility index (Phi) is 3.21. The first-order chi connectivity index (χ1) is 10.2. The zero-order valence-corrected chi connectivity index (χ0v) is 12.2. The van der Waals surface area contributed by atoms with E-state index in [2.05, 4.69) is 9.88 Å². The molecule has 4 nitrogen and oxygen atoms in total. The molecule has 112 valence electrons. The number of aromatic nitrogens is 1. The summed E-state index contributed by atoms with van der Waals surface area (Å²) in [4.78, 5) is 18.2. The minimum atomic E-state index is -0.862. The van der Waals surface area contributed by atoms with Gasteiger partial charge in [-0.25, -0.2) is 4.79 Å². The molecule has 5 rings (SSSR count). The van der Waals surface area contributed by atoms with Crippen LogP contribution in [0.3, 0.4) is 0 Å². The number of rotatable bonds is 3. The van der Waals surface area contributed by atoms with Gasteiger partial charge in [-0.2, -0.15) is 0 Å². The standard InChI is InChI=1S/C17H22N2O2/c20-17(21)15-2-1-3-18-16(15)10-19-9-13-5-11-4-12(6-13)8-14(19)7-11/h1-3,11-14H,4-10H2,(H,20,21)/t11-,12+,13?,14?. The number of hydrogen-bond acceptors (Lipinski definition) is 3. The van der Waals surface area contributed by atoms with Gasteiger partial charge in [0.15, 0.2) is 0 Å². The lowest BCUT2D eigenvalue weighted by atomic mass is 9.68. The van der Waals surface area contributed by atoms with Gasteiger partial charge in [0.05, 0.1) is 11.3 Å². The van der Waals surface area contributed by atoms with E-state index in [1.807, 2.05) is 0 Å². The van der Waals surface area contributed by atoms with Crippen molar-refractivity contribution in [2.24, 2.45) is 17.8 Å². The first kappa shape index (κ1) is 13.3. The highest BCUT2D eigenvalue weighted by Crippen LogP contribution is 2.47. The number of fused-ring (bicyclic) bond motifs is 1. The van der Waals surface area contributed by atoms with Crippen molar-refractivity contribution in [1.29, 1.82) is 0 Å². The van der Waals surface area contributed by atoms with E-state index in [0.717, 1.165) is 30.0 Å². The van der Waals surface area contributed by atoms with Crippen molar-refractivity contribution in [2.75, 3.05) is 6.54 Å². The van der Waals surface area contributed by atoms with Crippen LogP contribution >= 0.6 is 0 Å². The summed E-state index contributed by atoms with van der Waals surface area (Å²) in [5, 5.41) is 9.33. The molecule has 2 saturated heterocycles. The Morgan fingerprint density at radius 3 is 2.62 bits per heavy atom. The lowest BCUT2D eigenvalue weighted by molar-refractivity contribution is 0.0691. The summed E-state index contributed by atoms with van der Waals surface area (Å²) in [6.07, 6.45) is 8.54. The number of carboxylic acids is 1. The molecule has 4 bridgehead atoms. The highest BCUT2D eigenvalue weighted by molar-refractivity contribution is 5.88. The van der Waals surface area contributed by atoms with E-state index in [9.17, 15) is 9.90 Å². The molecule has 4 aliphatic rings. The summed E-state index contributed by atoms with van der Waals surface area (Å²) >= 11 is 0. The normalized spacial score (nSPS) is 34.9. The lowest BCUT2D eigenvalue weighted by Gasteiger charge is -2.39. The summed E-state index contributed by atoms with van der Waals surface area (Å²) in [5.41, 5.74) is 1.09. The van der Waals surface area contributed by atoms with E-state index in [1.165, 1.54) is 32.1 Å². The molecule has 1 aromatic rings. The smallest absolute Gasteiger partial charge is 0.337 e. The molecule has 2 aliphatic heterocycles. The highest BCUT2D eigenvalue weighted by atomic mass is 16.4. The largest absolute Gasteiger partial charge is 0.478 e. The van der Waals surface area contributed by atoms with Crippen LogP contribution < -0.4 is 0 Å². The molecule has 0 amide bonds. The zero-order valence-electron chi connectivity index (χ0n) is 12.2. The van der Waals surface area contributed by atoms with Crippen LogP contribution in [0.25, 0.3) is 0 Å². The maximum Gasteiger partial charge on any atom is 0.337 e. The number of carboxylic acid groups (broad SMARTS) is 1. The lowest BCUT2D eigenvalue weighted by Crippen LogP contribution is -2.38. The molecule has 0 spiro atoms. The van der Waals surface area contributed by atoms with E-state index < -0.39 is 5.97 Å². The Labute approximate surface area is 125 Å². The summed E-state index contributed by atoms with van der Waals surface area (Å²) in [5.74, 6) is 1.79. The molecule has 4 atom stereocenters. The van der Waals surface area contributed by atoms with Gasteiger partial charge in [-0.3, -0.25) is 9.88 Å². The predicted molar refractivity (Wildman–Crippen MR) is 78.9 cm³/mol. The molecular formula is C17H22N2O2. The van der Waals surface area contributed by atoms with Crippen molar-refractivity contribution < 1.29 is 9.90 Å². The average molecular weight is 286 g/mol. The van der Waals surface area contributed by atoms with Crippen molar-refractivity contribution in [3.63, 3.8) is 0 Å². The van der Waals surface area contributed by atoms with Crippen LogP contribution in [0.15, 0.2) is 18.3 Å². The molecule has 2 saturated carbocycles. The third-order valence-corrected chi connectivity index (χ3v) is 5.69. The maximum absolute atomic E-state index is 11.4. The SMILES string of the molecule is O=C(O)c1cccnc1CN1CC2C[C@@H]3CC1C[C@H](C2)C3. The van der Waals surface area contributed by atoms with Gasteiger partial charge in [-0.05, 0) is 62.0 Å². The third kappa shape index (κ3) is 2.46. The van der Waals surface area contributed by atoms with E-state index in [1.54, 1.807) is 18.3 Å². The quantitative estimate of drug-likeness (QED) is 0.928. The topological polar surface area (TPSA) is 53.4 Å². The molecule has 0 aromatic carbocycles. The molecule has 1 aromatic heterocycles. The molecule has 4 fully saturated rings. The minimum Gasteiger partial charge on any atom is -0.478 e. The van der Waals surface area contributed by atoms with Gasteiger partial charge in [0, 0.05) is 25.3 Å². The van der Waals surface area contributed by atoms with Crippen LogP contribution in [0, 0.1) is 17.8 Å². The van der Waals surface area contributed by atoms with Crippen LogP contribution in [0.5, 0.6) is 0 Å².